The van der Waals surface area contributed by atoms with Gasteiger partial charge in [-0.25, -0.2) is 0 Å². The molecule has 0 aromatic rings. The molecule has 2 aliphatic heterocycles. The van der Waals surface area contributed by atoms with Crippen molar-refractivity contribution in [1.29, 1.82) is 0 Å². The first kappa shape index (κ1) is 22.4. The highest BCUT2D eigenvalue weighted by molar-refractivity contribution is 5.89. The maximum atomic E-state index is 12.8. The largest absolute Gasteiger partial charge is 0.381 e. The molecule has 4 fully saturated rings. The second kappa shape index (κ2) is 8.77. The molecule has 1 saturated heterocycles. The van der Waals surface area contributed by atoms with Gasteiger partial charge >= 0.3 is 0 Å². The number of hydrogen-bond acceptors (Lipinski definition) is 3. The highest BCUT2D eigenvalue weighted by Gasteiger charge is 2.59. The van der Waals surface area contributed by atoms with Crippen molar-refractivity contribution in [2.24, 2.45) is 40.4 Å². The van der Waals surface area contributed by atoms with E-state index in [-0.39, 0.29) is 17.2 Å². The molecule has 0 aromatic carbocycles. The Morgan fingerprint density at radius 1 is 1.09 bits per heavy atom. The van der Waals surface area contributed by atoms with Gasteiger partial charge in [0.05, 0.1) is 0 Å². The third kappa shape index (κ3) is 3.93. The van der Waals surface area contributed by atoms with Crippen molar-refractivity contribution in [3.63, 3.8) is 0 Å². The summed E-state index contributed by atoms with van der Waals surface area (Å²) in [5, 5.41) is 6.50. The first-order valence-corrected chi connectivity index (χ1v) is 13.2. The Labute approximate surface area is 193 Å². The summed E-state index contributed by atoms with van der Waals surface area (Å²) in [6.45, 7) is 7.45. The fraction of sp³-hybridized carbons (Fsp3) is 0.852. The van der Waals surface area contributed by atoms with E-state index in [1.165, 1.54) is 32.1 Å². The van der Waals surface area contributed by atoms with E-state index in [9.17, 15) is 9.59 Å². The Morgan fingerprint density at radius 3 is 2.72 bits per heavy atom. The Kier molecular flexibility index (Phi) is 6.15. The minimum atomic E-state index is 0.0790. The van der Waals surface area contributed by atoms with E-state index in [2.05, 4.69) is 30.6 Å². The molecular weight excluding hydrogens is 400 g/mol. The van der Waals surface area contributed by atoms with Gasteiger partial charge in [0, 0.05) is 37.6 Å². The van der Waals surface area contributed by atoms with Crippen LogP contribution < -0.4 is 10.6 Å². The van der Waals surface area contributed by atoms with Gasteiger partial charge in [-0.1, -0.05) is 19.9 Å². The van der Waals surface area contributed by atoms with Crippen molar-refractivity contribution in [3.8, 4) is 0 Å². The SMILES string of the molecule is C[C@]12C=CC(=O)N[C@@H]1CC[C@@H]1[C@@H]2CC[C@]2(C)[C@@H](CC(=O)NCCC3CCOCC3)CC[C@@H]12. The third-order valence-electron chi connectivity index (χ3n) is 10.5. The summed E-state index contributed by atoms with van der Waals surface area (Å²) in [6.07, 6.45) is 15.3. The van der Waals surface area contributed by atoms with Gasteiger partial charge in [-0.15, -0.1) is 0 Å². The van der Waals surface area contributed by atoms with Crippen molar-refractivity contribution in [3.05, 3.63) is 12.2 Å². The summed E-state index contributed by atoms with van der Waals surface area (Å²) in [5.41, 5.74) is 0.391. The van der Waals surface area contributed by atoms with Gasteiger partial charge in [-0.3, -0.25) is 9.59 Å². The van der Waals surface area contributed by atoms with Gasteiger partial charge in [0.15, 0.2) is 0 Å². The van der Waals surface area contributed by atoms with Gasteiger partial charge in [0.25, 0.3) is 0 Å². The molecule has 0 spiro atoms. The van der Waals surface area contributed by atoms with E-state index < -0.39 is 0 Å². The summed E-state index contributed by atoms with van der Waals surface area (Å²) in [5.74, 6) is 3.69. The van der Waals surface area contributed by atoms with Crippen LogP contribution >= 0.6 is 0 Å². The summed E-state index contributed by atoms with van der Waals surface area (Å²) in [6, 6.07) is 0.296. The molecule has 3 aliphatic carbocycles. The van der Waals surface area contributed by atoms with Crippen LogP contribution in [0.2, 0.25) is 0 Å². The summed E-state index contributed by atoms with van der Waals surface area (Å²) in [7, 11) is 0. The molecule has 3 saturated carbocycles. The standard InChI is InChI=1S/C27H42N2O3/c1-26-12-7-22-20(4-6-23-27(22,2)13-8-24(30)29-23)21(26)5-3-19(26)17-25(31)28-14-9-18-10-15-32-16-11-18/h8,13,18-23H,3-7,9-12,14-17H2,1-2H3,(H,28,31)(H,29,30)/t19-,20+,21+,22+,23-,26-,27-/m1/s1. The lowest BCUT2D eigenvalue weighted by Gasteiger charge is -2.59. The maximum Gasteiger partial charge on any atom is 0.243 e. The number of rotatable bonds is 5. The smallest absolute Gasteiger partial charge is 0.243 e. The van der Waals surface area contributed by atoms with E-state index in [4.69, 9.17) is 4.74 Å². The van der Waals surface area contributed by atoms with Crippen molar-refractivity contribution >= 4 is 11.8 Å². The Morgan fingerprint density at radius 2 is 1.91 bits per heavy atom. The first-order chi connectivity index (χ1) is 15.4. The van der Waals surface area contributed by atoms with E-state index >= 15 is 0 Å². The fourth-order valence-corrected chi connectivity index (χ4v) is 8.52. The molecule has 2 heterocycles. The minimum absolute atomic E-state index is 0.0790. The molecular formula is C27H42N2O3. The zero-order chi connectivity index (χ0) is 22.3. The second-order valence-electron chi connectivity index (χ2n) is 11.9. The van der Waals surface area contributed by atoms with Crippen LogP contribution in [0.3, 0.4) is 0 Å². The van der Waals surface area contributed by atoms with E-state index in [0.717, 1.165) is 57.3 Å². The average Bonchev–Trinajstić information content (AvgIpc) is 3.11. The summed E-state index contributed by atoms with van der Waals surface area (Å²) >= 11 is 0. The molecule has 5 nitrogen and oxygen atoms in total. The van der Waals surface area contributed by atoms with Crippen LogP contribution in [0, 0.1) is 40.4 Å². The van der Waals surface area contributed by atoms with Crippen molar-refractivity contribution < 1.29 is 14.3 Å². The lowest BCUT2D eigenvalue weighted by atomic mass is 9.48. The van der Waals surface area contributed by atoms with Gasteiger partial charge in [-0.2, -0.15) is 0 Å². The van der Waals surface area contributed by atoms with Crippen LogP contribution in [0.4, 0.5) is 0 Å². The Bertz CT molecular complexity index is 760. The van der Waals surface area contributed by atoms with Crippen LogP contribution in [0.25, 0.3) is 0 Å². The predicted octanol–water partition coefficient (Wildman–Crippen LogP) is 4.22. The molecule has 0 bridgehead atoms. The number of amides is 2. The summed E-state index contributed by atoms with van der Waals surface area (Å²) in [4.78, 5) is 24.7. The molecule has 5 heteroatoms. The molecule has 5 rings (SSSR count). The molecule has 32 heavy (non-hydrogen) atoms. The molecule has 2 N–H and O–H groups in total. The fourth-order valence-electron chi connectivity index (χ4n) is 8.52. The zero-order valence-corrected chi connectivity index (χ0v) is 20.0. The van der Waals surface area contributed by atoms with Crippen LogP contribution in [0.15, 0.2) is 12.2 Å². The number of hydrogen-bond donors (Lipinski definition) is 2. The van der Waals surface area contributed by atoms with Crippen LogP contribution in [0.5, 0.6) is 0 Å². The lowest BCUT2D eigenvalue weighted by molar-refractivity contribution is -0.125. The van der Waals surface area contributed by atoms with Crippen LogP contribution in [-0.2, 0) is 14.3 Å². The molecule has 178 valence electrons. The second-order valence-corrected chi connectivity index (χ2v) is 11.9. The predicted molar refractivity (Wildman–Crippen MR) is 125 cm³/mol. The number of ether oxygens (including phenoxy) is 1. The summed E-state index contributed by atoms with van der Waals surface area (Å²) < 4.78 is 5.45. The van der Waals surface area contributed by atoms with Crippen molar-refractivity contribution in [1.82, 2.24) is 10.6 Å². The number of carbonyl (C=O) groups excluding carboxylic acids is 2. The van der Waals surface area contributed by atoms with E-state index in [1.54, 1.807) is 6.08 Å². The molecule has 0 aromatic heterocycles. The van der Waals surface area contributed by atoms with Gasteiger partial charge < -0.3 is 15.4 Å². The monoisotopic (exact) mass is 442 g/mol. The number of nitrogens with one attached hydrogen (secondary N) is 2. The molecule has 5 aliphatic rings. The van der Waals surface area contributed by atoms with Crippen molar-refractivity contribution in [2.75, 3.05) is 19.8 Å². The van der Waals surface area contributed by atoms with Gasteiger partial charge in [0.1, 0.15) is 0 Å². The van der Waals surface area contributed by atoms with Gasteiger partial charge in [-0.05, 0) is 98.9 Å². The van der Waals surface area contributed by atoms with Gasteiger partial charge in [0.2, 0.25) is 11.8 Å². The molecule has 0 radical (unpaired) electrons. The van der Waals surface area contributed by atoms with Crippen LogP contribution in [0.1, 0.15) is 78.1 Å². The zero-order valence-electron chi connectivity index (χ0n) is 20.0. The normalized spacial score (nSPS) is 43.7. The highest BCUT2D eigenvalue weighted by atomic mass is 16.5. The van der Waals surface area contributed by atoms with E-state index in [0.29, 0.717) is 35.6 Å². The quantitative estimate of drug-likeness (QED) is 0.670. The lowest BCUT2D eigenvalue weighted by Crippen LogP contribution is -2.59. The molecule has 7 atom stereocenters. The third-order valence-corrected chi connectivity index (χ3v) is 10.5. The van der Waals surface area contributed by atoms with E-state index in [1.807, 2.05) is 0 Å². The number of fused-ring (bicyclic) bond motifs is 5. The average molecular weight is 443 g/mol. The molecule has 2 amide bonds. The first-order valence-electron chi connectivity index (χ1n) is 13.2. The number of carbonyl (C=O) groups is 2. The van der Waals surface area contributed by atoms with Crippen molar-refractivity contribution in [2.45, 2.75) is 84.1 Å². The van der Waals surface area contributed by atoms with Crippen LogP contribution in [-0.4, -0.2) is 37.6 Å². The molecule has 0 unspecified atom stereocenters. The Balaban J connectivity index is 1.19. The topological polar surface area (TPSA) is 67.4 Å². The Hall–Kier alpha value is -1.36. The highest BCUT2D eigenvalue weighted by Crippen LogP contribution is 2.65. The minimum Gasteiger partial charge on any atom is -0.381 e. The maximum absolute atomic E-state index is 12.8.